The quantitative estimate of drug-likeness (QED) is 0.481. The largest absolute Gasteiger partial charge is 0.436 e. The van der Waals surface area contributed by atoms with E-state index in [4.69, 9.17) is 14.6 Å². The van der Waals surface area contributed by atoms with E-state index >= 15 is 0 Å². The lowest BCUT2D eigenvalue weighted by atomic mass is 10.1. The summed E-state index contributed by atoms with van der Waals surface area (Å²) in [6.07, 6.45) is 1.60. The number of ether oxygens (including phenoxy) is 2. The minimum absolute atomic E-state index is 0.158. The number of rotatable bonds is 11. The second kappa shape index (κ2) is 10.3. The van der Waals surface area contributed by atoms with Crippen molar-refractivity contribution in [1.29, 1.82) is 0 Å². The normalized spacial score (nSPS) is 14.7. The van der Waals surface area contributed by atoms with Gasteiger partial charge in [-0.3, -0.25) is 4.90 Å². The van der Waals surface area contributed by atoms with Gasteiger partial charge in [-0.2, -0.15) is 5.10 Å². The molecule has 0 unspecified atom stereocenters. The third kappa shape index (κ3) is 5.35. The SMILES string of the molecule is CCOC[C@@H](O)CN(Cc1c(-c2ccccc2)nn(C)c1Oc1ccccc1F)C1CC1. The number of aliphatic hydroxyl groups is 1. The summed E-state index contributed by atoms with van der Waals surface area (Å²) in [5.41, 5.74) is 2.63. The first kappa shape index (κ1) is 22.5. The topological polar surface area (TPSA) is 59.8 Å². The highest BCUT2D eigenvalue weighted by Gasteiger charge is 2.33. The number of aryl methyl sites for hydroxylation is 1. The average molecular weight is 440 g/mol. The number of nitrogens with zero attached hydrogens (tertiary/aromatic N) is 3. The maximum atomic E-state index is 14.3. The number of aliphatic hydroxyl groups excluding tert-OH is 1. The van der Waals surface area contributed by atoms with Crippen molar-refractivity contribution >= 4 is 0 Å². The molecule has 0 radical (unpaired) electrons. The maximum Gasteiger partial charge on any atom is 0.222 e. The number of aromatic nitrogens is 2. The van der Waals surface area contributed by atoms with Crippen LogP contribution in [0.1, 0.15) is 25.3 Å². The summed E-state index contributed by atoms with van der Waals surface area (Å²) in [6, 6.07) is 16.7. The number of benzene rings is 2. The van der Waals surface area contributed by atoms with Gasteiger partial charge in [-0.05, 0) is 31.9 Å². The van der Waals surface area contributed by atoms with Crippen LogP contribution in [0.4, 0.5) is 4.39 Å². The molecule has 7 heteroatoms. The molecule has 2 aromatic carbocycles. The summed E-state index contributed by atoms with van der Waals surface area (Å²) >= 11 is 0. The first-order chi connectivity index (χ1) is 15.6. The van der Waals surface area contributed by atoms with Crippen LogP contribution in [0.2, 0.25) is 0 Å². The van der Waals surface area contributed by atoms with Crippen LogP contribution in [0.5, 0.6) is 11.6 Å². The van der Waals surface area contributed by atoms with Crippen LogP contribution in [0, 0.1) is 5.82 Å². The second-order valence-electron chi connectivity index (χ2n) is 8.13. The fraction of sp³-hybridized carbons (Fsp3) is 0.400. The summed E-state index contributed by atoms with van der Waals surface area (Å²) in [5.74, 6) is 0.233. The third-order valence-corrected chi connectivity index (χ3v) is 5.56. The molecule has 0 saturated heterocycles. The average Bonchev–Trinajstić information content (AvgIpc) is 3.60. The van der Waals surface area contributed by atoms with Crippen molar-refractivity contribution in [3.63, 3.8) is 0 Å². The van der Waals surface area contributed by atoms with E-state index in [1.54, 1.807) is 29.9 Å². The Morgan fingerprint density at radius 3 is 2.56 bits per heavy atom. The Balaban J connectivity index is 1.68. The lowest BCUT2D eigenvalue weighted by Gasteiger charge is -2.25. The zero-order valence-electron chi connectivity index (χ0n) is 18.6. The van der Waals surface area contributed by atoms with E-state index in [9.17, 15) is 9.50 Å². The third-order valence-electron chi connectivity index (χ3n) is 5.56. The Hall–Kier alpha value is -2.74. The van der Waals surface area contributed by atoms with Crippen LogP contribution in [-0.4, -0.2) is 51.7 Å². The summed E-state index contributed by atoms with van der Waals surface area (Å²) in [5, 5.41) is 15.2. The molecule has 1 aromatic heterocycles. The van der Waals surface area contributed by atoms with Crippen LogP contribution >= 0.6 is 0 Å². The minimum atomic E-state index is -0.580. The Morgan fingerprint density at radius 1 is 1.16 bits per heavy atom. The van der Waals surface area contributed by atoms with Gasteiger partial charge in [0.1, 0.15) is 5.69 Å². The lowest BCUT2D eigenvalue weighted by Crippen LogP contribution is -2.36. The van der Waals surface area contributed by atoms with Gasteiger partial charge in [0, 0.05) is 38.3 Å². The molecule has 1 saturated carbocycles. The molecule has 1 atom stereocenters. The molecule has 3 aromatic rings. The highest BCUT2D eigenvalue weighted by molar-refractivity contribution is 5.65. The standard InChI is InChI=1S/C25H30FN3O3/c1-3-31-17-20(30)15-29(19-13-14-19)16-21-24(18-9-5-4-6-10-18)27-28(2)25(21)32-23-12-8-7-11-22(23)26/h4-12,19-20,30H,3,13-17H2,1-2H3/t20-/m0/s1. The smallest absolute Gasteiger partial charge is 0.222 e. The predicted molar refractivity (Wildman–Crippen MR) is 121 cm³/mol. The molecule has 1 aliphatic rings. The van der Waals surface area contributed by atoms with Gasteiger partial charge >= 0.3 is 0 Å². The molecule has 1 aliphatic carbocycles. The van der Waals surface area contributed by atoms with E-state index < -0.39 is 11.9 Å². The Kier molecular flexibility index (Phi) is 7.19. The molecule has 0 amide bonds. The summed E-state index contributed by atoms with van der Waals surface area (Å²) in [4.78, 5) is 2.25. The summed E-state index contributed by atoms with van der Waals surface area (Å²) in [6.45, 7) is 3.82. The van der Waals surface area contributed by atoms with Crippen LogP contribution in [0.25, 0.3) is 11.3 Å². The molecular weight excluding hydrogens is 409 g/mol. The van der Waals surface area contributed by atoms with Gasteiger partial charge in [0.25, 0.3) is 0 Å². The molecule has 1 N–H and O–H groups in total. The fourth-order valence-corrected chi connectivity index (χ4v) is 3.84. The minimum Gasteiger partial charge on any atom is -0.436 e. The molecule has 0 spiro atoms. The fourth-order valence-electron chi connectivity index (χ4n) is 3.84. The van der Waals surface area contributed by atoms with Crippen LogP contribution in [-0.2, 0) is 18.3 Å². The second-order valence-corrected chi connectivity index (χ2v) is 8.13. The van der Waals surface area contributed by atoms with Crippen LogP contribution < -0.4 is 4.74 Å². The first-order valence-electron chi connectivity index (χ1n) is 11.1. The van der Waals surface area contributed by atoms with E-state index in [2.05, 4.69) is 4.90 Å². The molecule has 4 rings (SSSR count). The summed E-state index contributed by atoms with van der Waals surface area (Å²) < 4.78 is 27.5. The molecule has 1 heterocycles. The monoisotopic (exact) mass is 439 g/mol. The van der Waals surface area contributed by atoms with Crippen molar-refractivity contribution < 1.29 is 19.0 Å². The van der Waals surface area contributed by atoms with E-state index in [0.717, 1.165) is 29.7 Å². The van der Waals surface area contributed by atoms with Gasteiger partial charge in [-0.1, -0.05) is 42.5 Å². The van der Waals surface area contributed by atoms with Crippen molar-refractivity contribution in [2.45, 2.75) is 38.5 Å². The molecule has 1 fully saturated rings. The molecular formula is C25H30FN3O3. The zero-order chi connectivity index (χ0) is 22.5. The number of halogens is 1. The number of para-hydroxylation sites is 1. The van der Waals surface area contributed by atoms with Crippen molar-refractivity contribution in [2.24, 2.45) is 7.05 Å². The van der Waals surface area contributed by atoms with Crippen molar-refractivity contribution in [2.75, 3.05) is 19.8 Å². The van der Waals surface area contributed by atoms with E-state index in [-0.39, 0.29) is 5.75 Å². The maximum absolute atomic E-state index is 14.3. The molecule has 6 nitrogen and oxygen atoms in total. The molecule has 0 aliphatic heterocycles. The highest BCUT2D eigenvalue weighted by Crippen LogP contribution is 2.37. The van der Waals surface area contributed by atoms with Gasteiger partial charge < -0.3 is 14.6 Å². The van der Waals surface area contributed by atoms with E-state index in [1.807, 2.05) is 37.3 Å². The molecule has 0 bridgehead atoms. The zero-order valence-corrected chi connectivity index (χ0v) is 18.6. The van der Waals surface area contributed by atoms with Crippen molar-refractivity contribution in [3.8, 4) is 22.9 Å². The van der Waals surface area contributed by atoms with E-state index in [0.29, 0.717) is 38.2 Å². The molecule has 32 heavy (non-hydrogen) atoms. The van der Waals surface area contributed by atoms with Gasteiger partial charge in [0.15, 0.2) is 11.6 Å². The predicted octanol–water partition coefficient (Wildman–Crippen LogP) is 4.38. The summed E-state index contributed by atoms with van der Waals surface area (Å²) in [7, 11) is 1.80. The first-order valence-corrected chi connectivity index (χ1v) is 11.1. The molecule has 170 valence electrons. The van der Waals surface area contributed by atoms with Gasteiger partial charge in [0.2, 0.25) is 5.88 Å². The Bertz CT molecular complexity index is 1020. The number of hydrogen-bond donors (Lipinski definition) is 1. The lowest BCUT2D eigenvalue weighted by molar-refractivity contribution is 0.0178. The van der Waals surface area contributed by atoms with Gasteiger partial charge in [-0.15, -0.1) is 0 Å². The highest BCUT2D eigenvalue weighted by atomic mass is 19.1. The van der Waals surface area contributed by atoms with Crippen LogP contribution in [0.3, 0.4) is 0 Å². The van der Waals surface area contributed by atoms with Gasteiger partial charge in [0.05, 0.1) is 18.3 Å². The van der Waals surface area contributed by atoms with Crippen molar-refractivity contribution in [1.82, 2.24) is 14.7 Å². The van der Waals surface area contributed by atoms with Crippen molar-refractivity contribution in [3.05, 3.63) is 66.0 Å². The van der Waals surface area contributed by atoms with E-state index in [1.165, 1.54) is 6.07 Å². The van der Waals surface area contributed by atoms with Crippen LogP contribution in [0.15, 0.2) is 54.6 Å². The Labute approximate surface area is 188 Å². The van der Waals surface area contributed by atoms with Gasteiger partial charge in [-0.25, -0.2) is 9.07 Å². The Morgan fingerprint density at radius 2 is 1.88 bits per heavy atom. The number of hydrogen-bond acceptors (Lipinski definition) is 5.